The Morgan fingerprint density at radius 1 is 1.29 bits per heavy atom. The van der Waals surface area contributed by atoms with Gasteiger partial charge in [0.05, 0.1) is 12.4 Å². The average molecular weight is 236 g/mol. The Kier molecular flexibility index (Phi) is 4.87. The molecule has 0 aliphatic carbocycles. The first-order valence-corrected chi connectivity index (χ1v) is 5.96. The van der Waals surface area contributed by atoms with Crippen molar-refractivity contribution in [3.63, 3.8) is 0 Å². The van der Waals surface area contributed by atoms with Crippen molar-refractivity contribution in [3.05, 3.63) is 18.1 Å². The van der Waals surface area contributed by atoms with Gasteiger partial charge in [0.2, 0.25) is 0 Å². The van der Waals surface area contributed by atoms with E-state index in [9.17, 15) is 4.79 Å². The van der Waals surface area contributed by atoms with Crippen LogP contribution in [-0.2, 0) is 0 Å². The summed E-state index contributed by atoms with van der Waals surface area (Å²) in [6, 6.07) is 0.103. The number of carbonyl (C=O) groups excluding carboxylic acids is 1. The standard InChI is InChI=1S/C12H20N4O/c1-5-16(6-2)11-8-13-10(7-14-11)12(17)15-9(3)4/h7-9H,5-6H2,1-4H3,(H,15,17). The predicted molar refractivity (Wildman–Crippen MR) is 68.2 cm³/mol. The van der Waals surface area contributed by atoms with Gasteiger partial charge in [-0.15, -0.1) is 0 Å². The van der Waals surface area contributed by atoms with Crippen LogP contribution in [0.15, 0.2) is 12.4 Å². The molecule has 0 aliphatic heterocycles. The fraction of sp³-hybridized carbons (Fsp3) is 0.583. The third kappa shape index (κ3) is 3.69. The Hall–Kier alpha value is -1.65. The van der Waals surface area contributed by atoms with Crippen LogP contribution in [0.4, 0.5) is 5.82 Å². The van der Waals surface area contributed by atoms with Gasteiger partial charge in [-0.05, 0) is 27.7 Å². The molecule has 0 aromatic carbocycles. The van der Waals surface area contributed by atoms with Crippen molar-refractivity contribution in [2.24, 2.45) is 0 Å². The summed E-state index contributed by atoms with van der Waals surface area (Å²) in [5, 5.41) is 2.78. The minimum absolute atomic E-state index is 0.103. The molecule has 1 rings (SSSR count). The van der Waals surface area contributed by atoms with E-state index in [1.54, 1.807) is 6.20 Å². The molecule has 0 fully saturated rings. The summed E-state index contributed by atoms with van der Waals surface area (Å²) in [6.07, 6.45) is 3.16. The molecule has 0 unspecified atom stereocenters. The number of amides is 1. The average Bonchev–Trinajstić information content (AvgIpc) is 2.30. The molecular weight excluding hydrogens is 216 g/mol. The number of nitrogens with zero attached hydrogens (tertiary/aromatic N) is 3. The van der Waals surface area contributed by atoms with Crippen molar-refractivity contribution in [2.75, 3.05) is 18.0 Å². The SMILES string of the molecule is CCN(CC)c1cnc(C(=O)NC(C)C)cn1. The first-order valence-electron chi connectivity index (χ1n) is 5.96. The normalized spacial score (nSPS) is 10.4. The van der Waals surface area contributed by atoms with Crippen LogP contribution in [0.1, 0.15) is 38.2 Å². The zero-order valence-electron chi connectivity index (χ0n) is 10.9. The molecular formula is C12H20N4O. The molecule has 0 saturated carbocycles. The van der Waals surface area contributed by atoms with E-state index < -0.39 is 0 Å². The topological polar surface area (TPSA) is 58.1 Å². The molecule has 1 aromatic rings. The molecule has 0 atom stereocenters. The third-order valence-corrected chi connectivity index (χ3v) is 2.38. The van der Waals surface area contributed by atoms with E-state index in [1.807, 2.05) is 13.8 Å². The maximum Gasteiger partial charge on any atom is 0.271 e. The zero-order chi connectivity index (χ0) is 12.8. The second-order valence-corrected chi connectivity index (χ2v) is 4.06. The number of carbonyl (C=O) groups is 1. The first-order chi connectivity index (χ1) is 8.08. The van der Waals surface area contributed by atoms with Gasteiger partial charge < -0.3 is 10.2 Å². The highest BCUT2D eigenvalue weighted by molar-refractivity contribution is 5.92. The molecule has 1 N–H and O–H groups in total. The molecule has 5 heteroatoms. The second-order valence-electron chi connectivity index (χ2n) is 4.06. The number of nitrogens with one attached hydrogen (secondary N) is 1. The van der Waals surface area contributed by atoms with Crippen LogP contribution in [0.5, 0.6) is 0 Å². The predicted octanol–water partition coefficient (Wildman–Crippen LogP) is 1.46. The highest BCUT2D eigenvalue weighted by Crippen LogP contribution is 2.08. The summed E-state index contributed by atoms with van der Waals surface area (Å²) in [5.41, 5.74) is 0.356. The van der Waals surface area contributed by atoms with E-state index in [-0.39, 0.29) is 11.9 Å². The van der Waals surface area contributed by atoms with Crippen molar-refractivity contribution in [1.29, 1.82) is 0 Å². The fourth-order valence-corrected chi connectivity index (χ4v) is 1.49. The van der Waals surface area contributed by atoms with Crippen LogP contribution in [0.2, 0.25) is 0 Å². The van der Waals surface area contributed by atoms with Crippen LogP contribution in [0, 0.1) is 0 Å². The Bertz CT molecular complexity index is 357. The lowest BCUT2D eigenvalue weighted by Crippen LogP contribution is -2.31. The number of rotatable bonds is 5. The van der Waals surface area contributed by atoms with Crippen LogP contribution in [0.25, 0.3) is 0 Å². The van der Waals surface area contributed by atoms with Gasteiger partial charge in [0.25, 0.3) is 5.91 Å². The fourth-order valence-electron chi connectivity index (χ4n) is 1.49. The smallest absolute Gasteiger partial charge is 0.271 e. The highest BCUT2D eigenvalue weighted by atomic mass is 16.1. The van der Waals surface area contributed by atoms with Crippen LogP contribution < -0.4 is 10.2 Å². The summed E-state index contributed by atoms with van der Waals surface area (Å²) >= 11 is 0. The van der Waals surface area contributed by atoms with E-state index in [0.717, 1.165) is 18.9 Å². The molecule has 1 heterocycles. The molecule has 0 bridgehead atoms. The first kappa shape index (κ1) is 13.4. The third-order valence-electron chi connectivity index (χ3n) is 2.38. The lowest BCUT2D eigenvalue weighted by atomic mass is 10.3. The molecule has 0 radical (unpaired) electrons. The van der Waals surface area contributed by atoms with Gasteiger partial charge in [0, 0.05) is 19.1 Å². The van der Waals surface area contributed by atoms with Crippen LogP contribution in [-0.4, -0.2) is 35.0 Å². The Morgan fingerprint density at radius 3 is 2.35 bits per heavy atom. The largest absolute Gasteiger partial charge is 0.356 e. The number of aromatic nitrogens is 2. The molecule has 1 amide bonds. The van der Waals surface area contributed by atoms with E-state index in [2.05, 4.69) is 34.0 Å². The van der Waals surface area contributed by atoms with Gasteiger partial charge in [-0.25, -0.2) is 9.97 Å². The molecule has 1 aromatic heterocycles. The lowest BCUT2D eigenvalue weighted by Gasteiger charge is -2.19. The van der Waals surface area contributed by atoms with E-state index >= 15 is 0 Å². The van der Waals surface area contributed by atoms with Crippen molar-refractivity contribution in [1.82, 2.24) is 15.3 Å². The molecule has 0 aliphatic rings. The minimum atomic E-state index is -0.182. The minimum Gasteiger partial charge on any atom is -0.356 e. The number of hydrogen-bond acceptors (Lipinski definition) is 4. The van der Waals surface area contributed by atoms with E-state index in [4.69, 9.17) is 0 Å². The summed E-state index contributed by atoms with van der Waals surface area (Å²) in [7, 11) is 0. The summed E-state index contributed by atoms with van der Waals surface area (Å²) < 4.78 is 0. The highest BCUT2D eigenvalue weighted by Gasteiger charge is 2.10. The van der Waals surface area contributed by atoms with Crippen LogP contribution in [0.3, 0.4) is 0 Å². The Labute approximate surface area is 102 Å². The van der Waals surface area contributed by atoms with E-state index in [0.29, 0.717) is 5.69 Å². The van der Waals surface area contributed by atoms with Crippen molar-refractivity contribution >= 4 is 11.7 Å². The van der Waals surface area contributed by atoms with Crippen LogP contribution >= 0.6 is 0 Å². The zero-order valence-corrected chi connectivity index (χ0v) is 10.9. The van der Waals surface area contributed by atoms with Gasteiger partial charge in [-0.1, -0.05) is 0 Å². The molecule has 0 spiro atoms. The molecule has 94 valence electrons. The quantitative estimate of drug-likeness (QED) is 0.841. The van der Waals surface area contributed by atoms with Crippen molar-refractivity contribution < 1.29 is 4.79 Å². The summed E-state index contributed by atoms with van der Waals surface area (Å²) in [4.78, 5) is 22.1. The molecule has 0 saturated heterocycles. The maximum atomic E-state index is 11.6. The van der Waals surface area contributed by atoms with Gasteiger partial charge in [0.15, 0.2) is 0 Å². The monoisotopic (exact) mass is 236 g/mol. The Morgan fingerprint density at radius 2 is 1.94 bits per heavy atom. The lowest BCUT2D eigenvalue weighted by molar-refractivity contribution is 0.0937. The van der Waals surface area contributed by atoms with Gasteiger partial charge in [0.1, 0.15) is 11.5 Å². The Balaban J connectivity index is 2.77. The van der Waals surface area contributed by atoms with Gasteiger partial charge >= 0.3 is 0 Å². The summed E-state index contributed by atoms with van der Waals surface area (Å²) in [6.45, 7) is 9.70. The van der Waals surface area contributed by atoms with Crippen molar-refractivity contribution in [3.8, 4) is 0 Å². The van der Waals surface area contributed by atoms with Gasteiger partial charge in [-0.3, -0.25) is 4.79 Å². The van der Waals surface area contributed by atoms with Crippen molar-refractivity contribution in [2.45, 2.75) is 33.7 Å². The van der Waals surface area contributed by atoms with Gasteiger partial charge in [-0.2, -0.15) is 0 Å². The number of hydrogen-bond donors (Lipinski definition) is 1. The summed E-state index contributed by atoms with van der Waals surface area (Å²) in [5.74, 6) is 0.620. The molecule has 5 nitrogen and oxygen atoms in total. The van der Waals surface area contributed by atoms with E-state index in [1.165, 1.54) is 6.20 Å². The second kappa shape index (κ2) is 6.18. The number of anilines is 1. The molecule has 17 heavy (non-hydrogen) atoms. The maximum absolute atomic E-state index is 11.6.